The number of carboxylic acid groups (broad SMARTS) is 1. The molecule has 7 heterocycles. The lowest BCUT2D eigenvalue weighted by Gasteiger charge is -2.65. The fourth-order valence-electron chi connectivity index (χ4n) is 15.5. The number of unbranched alkanes of at least 4 members (excludes halogenated alkanes) is 3. The molecule has 4 aliphatic heterocycles. The van der Waals surface area contributed by atoms with Crippen molar-refractivity contribution in [3.8, 4) is 0 Å². The number of pyridine rings is 1. The Morgan fingerprint density at radius 1 is 0.783 bits per heavy atom. The maximum Gasteiger partial charge on any atom is 0.337 e. The monoisotopic (exact) mass is 1170 g/mol. The van der Waals surface area contributed by atoms with Crippen LogP contribution in [-0.2, 0) is 58.6 Å². The van der Waals surface area contributed by atoms with E-state index in [9.17, 15) is 49.8 Å². The second-order valence-electron chi connectivity index (χ2n) is 25.2. The number of esters is 1. The highest BCUT2D eigenvalue weighted by molar-refractivity contribution is 5.87. The van der Waals surface area contributed by atoms with Crippen LogP contribution in [-0.4, -0.2) is 170 Å². The van der Waals surface area contributed by atoms with Crippen molar-refractivity contribution in [1.82, 2.24) is 23.7 Å². The highest BCUT2D eigenvalue weighted by atomic mass is 16.7. The number of imidazole rings is 1. The van der Waals surface area contributed by atoms with E-state index in [0.717, 1.165) is 69.8 Å². The van der Waals surface area contributed by atoms with Gasteiger partial charge >= 0.3 is 17.6 Å². The molecule has 0 amide bonds. The molecule has 462 valence electrons. The molecule has 23 heteroatoms. The summed E-state index contributed by atoms with van der Waals surface area (Å²) in [5.41, 5.74) is -0.267. The summed E-state index contributed by atoms with van der Waals surface area (Å²) in [6.07, 6.45) is 7.04. The van der Waals surface area contributed by atoms with E-state index < -0.39 is 96.9 Å². The summed E-state index contributed by atoms with van der Waals surface area (Å²) in [4.78, 5) is 54.3. The lowest BCUT2D eigenvalue weighted by molar-refractivity contribution is -0.336. The maximum absolute atomic E-state index is 12.6. The van der Waals surface area contributed by atoms with Gasteiger partial charge in [-0.3, -0.25) is 18.9 Å². The van der Waals surface area contributed by atoms with Crippen LogP contribution in [0.5, 0.6) is 0 Å². The average molecular weight is 1170 g/mol. The number of rotatable bonds is 13. The number of nitrogens with zero attached hydrogens (tertiary/aromatic N) is 5. The third kappa shape index (κ3) is 12.6. The number of carbonyl (C=O) groups is 2. The van der Waals surface area contributed by atoms with Gasteiger partial charge in [-0.15, -0.1) is 0 Å². The second kappa shape index (κ2) is 25.8. The first-order valence-corrected chi connectivity index (χ1v) is 30.1. The molecule has 7 N–H and O–H groups in total. The van der Waals surface area contributed by atoms with Crippen molar-refractivity contribution >= 4 is 23.1 Å². The van der Waals surface area contributed by atoms with Gasteiger partial charge in [0.15, 0.2) is 30.0 Å². The largest absolute Gasteiger partial charge is 0.478 e. The lowest BCUT2D eigenvalue weighted by Crippen LogP contribution is -2.67. The van der Waals surface area contributed by atoms with Gasteiger partial charge in [-0.1, -0.05) is 40.0 Å². The molecule has 83 heavy (non-hydrogen) atoms. The summed E-state index contributed by atoms with van der Waals surface area (Å²) in [5, 5.41) is 75.2. The van der Waals surface area contributed by atoms with Crippen molar-refractivity contribution in [2.24, 2.45) is 48.6 Å². The molecule has 8 aliphatic rings. The number of carbonyl (C=O) groups excluding carboxylic acids is 1. The summed E-state index contributed by atoms with van der Waals surface area (Å²) in [5.74, 6) is -0.737. The Morgan fingerprint density at radius 3 is 2.01 bits per heavy atom. The van der Waals surface area contributed by atoms with Crippen LogP contribution in [0.4, 0.5) is 0 Å². The van der Waals surface area contributed by atoms with E-state index in [4.69, 9.17) is 38.3 Å². The number of aromatic carboxylic acids is 1. The van der Waals surface area contributed by atoms with Crippen LogP contribution < -0.4 is 11.2 Å². The molecule has 1 unspecified atom stereocenters. The summed E-state index contributed by atoms with van der Waals surface area (Å²) in [6.45, 7) is 12.5. The molecule has 11 rings (SSSR count). The van der Waals surface area contributed by atoms with E-state index in [1.807, 2.05) is 13.8 Å². The molecule has 21 atom stereocenters. The molecule has 0 bridgehead atoms. The number of aliphatic hydroxyl groups excluding tert-OH is 5. The molecular weight excluding hydrogens is 1080 g/mol. The van der Waals surface area contributed by atoms with E-state index in [1.54, 1.807) is 51.0 Å². The number of aromatic nitrogens is 5. The molecule has 23 nitrogen and oxygen atoms in total. The number of carboxylic acids is 1. The van der Waals surface area contributed by atoms with Gasteiger partial charge in [0.25, 0.3) is 5.56 Å². The standard InChI is InChI=1S/C41H64O14.C13H20N4O2.C6H5NO2/c1-19-36(47)28(42)15-34(50-19)54-38-21(3)52-35(17-30(38)44)55-37-20(2)51-33(16-29(37)43)53-24-8-10-39(4)23(13-24)6-7-26-27(39)14-31(45)40(5)25(9-11-41(26,40)48)22-12-32(46)49-18-22;1-4-5-6-7-8-17-12(18)10-11(14-9-15(10)2)16(3)13(17)19;8-6(9)5-2-1-3-7-4-5/h12,19-21,23-31,33-38,42-45,47-48H,6-11,13-18H2,1-5H3;9H,4-8H2,1-3H3;1-4H,(H,8,9)/t19-,20+,21-,23-,24+,25-,26-,27+,28+,29+,30+,31-,33+,34+,35+,36-,37?,38-,39+,40+,41+;;/m1../s1. The fraction of sp³-hybridized carbons (Fsp3) is 0.767. The van der Waals surface area contributed by atoms with Crippen LogP contribution in [0.15, 0.2) is 52.1 Å². The molecule has 3 saturated heterocycles. The van der Waals surface area contributed by atoms with Gasteiger partial charge in [-0.25, -0.2) is 19.4 Å². The highest BCUT2D eigenvalue weighted by Gasteiger charge is 2.71. The first-order chi connectivity index (χ1) is 39.4. The van der Waals surface area contributed by atoms with Gasteiger partial charge in [0.2, 0.25) is 0 Å². The Kier molecular flexibility index (Phi) is 19.6. The van der Waals surface area contributed by atoms with Crippen molar-refractivity contribution < 1.29 is 78.5 Å². The van der Waals surface area contributed by atoms with Gasteiger partial charge in [0.1, 0.15) is 24.9 Å². The van der Waals surface area contributed by atoms with Crippen LogP contribution in [0.1, 0.15) is 148 Å². The lowest BCUT2D eigenvalue weighted by atomic mass is 9.42. The molecule has 0 spiro atoms. The molecule has 7 fully saturated rings. The zero-order valence-electron chi connectivity index (χ0n) is 49.2. The van der Waals surface area contributed by atoms with Crippen molar-refractivity contribution in [2.75, 3.05) is 6.61 Å². The first kappa shape index (κ1) is 63.0. The Labute approximate surface area is 483 Å². The van der Waals surface area contributed by atoms with Crippen LogP contribution in [0.3, 0.4) is 0 Å². The normalized spacial score (nSPS) is 40.4. The summed E-state index contributed by atoms with van der Waals surface area (Å²) >= 11 is 0. The van der Waals surface area contributed by atoms with Gasteiger partial charge in [0.05, 0.1) is 66.3 Å². The molecule has 4 aliphatic carbocycles. The van der Waals surface area contributed by atoms with Crippen molar-refractivity contribution in [1.29, 1.82) is 0 Å². The second-order valence-corrected chi connectivity index (χ2v) is 25.2. The number of aryl methyl sites for hydroxylation is 2. The fourth-order valence-corrected chi connectivity index (χ4v) is 15.5. The number of hydrogen-bond donors (Lipinski definition) is 7. The summed E-state index contributed by atoms with van der Waals surface area (Å²) < 4.78 is 46.5. The van der Waals surface area contributed by atoms with Gasteiger partial charge < -0.3 is 73.5 Å². The molecule has 3 aromatic heterocycles. The zero-order valence-corrected chi connectivity index (χ0v) is 49.2. The number of ether oxygens (including phenoxy) is 7. The van der Waals surface area contributed by atoms with Crippen LogP contribution in [0.2, 0.25) is 0 Å². The molecule has 4 saturated carbocycles. The predicted octanol–water partition coefficient (Wildman–Crippen LogP) is 4.01. The average Bonchev–Trinajstić information content (AvgIpc) is 2.30. The van der Waals surface area contributed by atoms with Crippen LogP contribution in [0, 0.1) is 34.5 Å². The number of hydrogen-bond acceptors (Lipinski definition) is 19. The minimum atomic E-state index is -1.01. The van der Waals surface area contributed by atoms with Crippen molar-refractivity contribution in [3.63, 3.8) is 0 Å². The van der Waals surface area contributed by atoms with Crippen molar-refractivity contribution in [3.05, 3.63) is 68.9 Å². The van der Waals surface area contributed by atoms with Crippen LogP contribution >= 0.6 is 0 Å². The maximum atomic E-state index is 12.6. The first-order valence-electron chi connectivity index (χ1n) is 30.1. The Bertz CT molecular complexity index is 2850. The third-order valence-electron chi connectivity index (χ3n) is 20.3. The molecule has 3 aromatic rings. The van der Waals surface area contributed by atoms with Gasteiger partial charge in [-0.05, 0) is 125 Å². The Morgan fingerprint density at radius 2 is 1.43 bits per heavy atom. The topological polar surface area (TPSA) is 315 Å². The SMILES string of the molecule is CCCCCCn1c(=O)c2c(ncn2C)n(C)c1=O.C[C@@H]1O[C@@H](O[C@H]2CC[C@@]3(C)[C@H](CC[C@@H]4[C@@H]3C[C@@H](O)[C@]3(C)[C@@H](C5=CC(=O)OC5)CC[C@]43O)C2)C[C@H](O)C1O[C@H]1C[C@H](O)[C@H](O[C@H]2C[C@H](O)[C@H](O)[C@@H](C)O2)[C@@H](C)O1.O=C(O)c1cccnc1. The predicted molar refractivity (Wildman–Crippen MR) is 298 cm³/mol. The van der Waals surface area contributed by atoms with Crippen LogP contribution in [0.25, 0.3) is 11.2 Å². The smallest absolute Gasteiger partial charge is 0.337 e. The molecule has 0 radical (unpaired) electrons. The number of cyclic esters (lactones) is 1. The van der Waals surface area contributed by atoms with E-state index >= 15 is 0 Å². The number of fused-ring (bicyclic) bond motifs is 6. The number of aliphatic hydroxyl groups is 6. The Hall–Kier alpha value is -4.50. The summed E-state index contributed by atoms with van der Waals surface area (Å²) in [7, 11) is 3.42. The van der Waals surface area contributed by atoms with E-state index in [2.05, 4.69) is 23.8 Å². The minimum Gasteiger partial charge on any atom is -0.478 e. The van der Waals surface area contributed by atoms with E-state index in [0.29, 0.717) is 36.5 Å². The molecular formula is C60H89N5O18. The summed E-state index contributed by atoms with van der Waals surface area (Å²) in [6, 6.07) is 3.08. The molecule has 0 aromatic carbocycles. The quantitative estimate of drug-likeness (QED) is 0.0722. The van der Waals surface area contributed by atoms with Gasteiger partial charge in [-0.2, -0.15) is 0 Å². The minimum absolute atomic E-state index is 0.0452. The highest BCUT2D eigenvalue weighted by Crippen LogP contribution is 2.70. The third-order valence-corrected chi connectivity index (χ3v) is 20.3. The van der Waals surface area contributed by atoms with E-state index in [-0.39, 0.29) is 77.9 Å². The Balaban J connectivity index is 0.000000241. The van der Waals surface area contributed by atoms with Crippen molar-refractivity contribution in [2.45, 2.75) is 236 Å². The zero-order chi connectivity index (χ0) is 59.9. The van der Waals surface area contributed by atoms with Gasteiger partial charge in [0, 0.05) is 63.8 Å². The van der Waals surface area contributed by atoms with E-state index in [1.165, 1.54) is 27.6 Å².